The molecule has 1 amide bonds. The minimum Gasteiger partial charge on any atom is -0.381 e. The Morgan fingerprint density at radius 2 is 2.09 bits per heavy atom. The minimum atomic E-state index is -0.123. The van der Waals surface area contributed by atoms with Gasteiger partial charge < -0.3 is 10.6 Å². The molecule has 11 heavy (non-hydrogen) atoms. The molecule has 0 aromatic rings. The summed E-state index contributed by atoms with van der Waals surface area (Å²) in [4.78, 5) is 11.1. The second-order valence-corrected chi connectivity index (χ2v) is 2.64. The molecular formula is C8H16N2O. The van der Waals surface area contributed by atoms with Crippen molar-refractivity contribution in [2.75, 3.05) is 6.54 Å². The number of carbonyl (C=O) groups excluding carboxylic acids is 1. The van der Waals surface area contributed by atoms with Gasteiger partial charge in [0.25, 0.3) is 5.91 Å². The largest absolute Gasteiger partial charge is 0.381 e. The Morgan fingerprint density at radius 3 is 2.45 bits per heavy atom. The van der Waals surface area contributed by atoms with E-state index in [1.807, 2.05) is 20.8 Å². The molecule has 0 aliphatic carbocycles. The van der Waals surface area contributed by atoms with Gasteiger partial charge in [-0.3, -0.25) is 4.79 Å². The van der Waals surface area contributed by atoms with E-state index in [-0.39, 0.29) is 11.9 Å². The third-order valence-electron chi connectivity index (χ3n) is 1.08. The van der Waals surface area contributed by atoms with Crippen LogP contribution in [-0.2, 0) is 4.79 Å². The Balaban J connectivity index is 3.74. The van der Waals surface area contributed by atoms with Crippen LogP contribution in [0.3, 0.4) is 0 Å². The molecular weight excluding hydrogens is 140 g/mol. The summed E-state index contributed by atoms with van der Waals surface area (Å²) in [6, 6.07) is 0.165. The minimum absolute atomic E-state index is 0.123. The van der Waals surface area contributed by atoms with Crippen molar-refractivity contribution in [3.63, 3.8) is 0 Å². The van der Waals surface area contributed by atoms with Crippen LogP contribution < -0.4 is 10.6 Å². The lowest BCUT2D eigenvalue weighted by Gasteiger charge is -2.10. The highest BCUT2D eigenvalue weighted by Gasteiger charge is 2.05. The van der Waals surface area contributed by atoms with E-state index in [1.165, 1.54) is 0 Å². The molecule has 0 fully saturated rings. The van der Waals surface area contributed by atoms with Crippen molar-refractivity contribution in [2.24, 2.45) is 0 Å². The Morgan fingerprint density at radius 1 is 1.55 bits per heavy atom. The number of carbonyl (C=O) groups is 1. The van der Waals surface area contributed by atoms with Crippen molar-refractivity contribution in [3.05, 3.63) is 12.3 Å². The molecule has 3 heteroatoms. The molecule has 0 atom stereocenters. The molecule has 64 valence electrons. The first-order chi connectivity index (χ1) is 5.07. The molecule has 0 saturated heterocycles. The lowest BCUT2D eigenvalue weighted by molar-refractivity contribution is -0.118. The van der Waals surface area contributed by atoms with Crippen LogP contribution in [0.1, 0.15) is 20.8 Å². The van der Waals surface area contributed by atoms with Crippen molar-refractivity contribution >= 4 is 5.91 Å². The summed E-state index contributed by atoms with van der Waals surface area (Å²) in [5, 5.41) is 5.57. The smallest absolute Gasteiger partial charge is 0.266 e. The number of amides is 1. The van der Waals surface area contributed by atoms with Crippen molar-refractivity contribution in [2.45, 2.75) is 26.8 Å². The highest BCUT2D eigenvalue weighted by atomic mass is 16.2. The third kappa shape index (κ3) is 4.42. The first kappa shape index (κ1) is 10.0. The second-order valence-electron chi connectivity index (χ2n) is 2.64. The van der Waals surface area contributed by atoms with Gasteiger partial charge in [-0.15, -0.1) is 0 Å². The van der Waals surface area contributed by atoms with Crippen LogP contribution in [0.4, 0.5) is 0 Å². The highest BCUT2D eigenvalue weighted by Crippen LogP contribution is 1.85. The predicted molar refractivity (Wildman–Crippen MR) is 46.1 cm³/mol. The first-order valence-electron chi connectivity index (χ1n) is 3.81. The van der Waals surface area contributed by atoms with Gasteiger partial charge >= 0.3 is 0 Å². The van der Waals surface area contributed by atoms with Gasteiger partial charge in [-0.1, -0.05) is 6.58 Å². The molecule has 2 N–H and O–H groups in total. The first-order valence-corrected chi connectivity index (χ1v) is 3.81. The van der Waals surface area contributed by atoms with E-state index in [2.05, 4.69) is 17.2 Å². The molecule has 0 aromatic heterocycles. The number of hydrogen-bond acceptors (Lipinski definition) is 2. The summed E-state index contributed by atoms with van der Waals surface area (Å²) in [5.74, 6) is -0.123. The molecule has 0 bridgehead atoms. The number of rotatable bonds is 4. The fraction of sp³-hybridized carbons (Fsp3) is 0.625. The molecule has 3 nitrogen and oxygen atoms in total. The van der Waals surface area contributed by atoms with Crippen molar-refractivity contribution in [3.8, 4) is 0 Å². The van der Waals surface area contributed by atoms with Crippen molar-refractivity contribution in [1.29, 1.82) is 0 Å². The number of likely N-dealkylation sites (N-methyl/N-ethyl adjacent to an activating group) is 1. The Bertz CT molecular complexity index is 152. The highest BCUT2D eigenvalue weighted by molar-refractivity contribution is 5.92. The van der Waals surface area contributed by atoms with E-state index in [4.69, 9.17) is 0 Å². The van der Waals surface area contributed by atoms with E-state index in [1.54, 1.807) is 0 Å². The predicted octanol–water partition coefficient (Wildman–Crippen LogP) is 0.634. The number of nitrogens with one attached hydrogen (secondary N) is 2. The quantitative estimate of drug-likeness (QED) is 0.586. The summed E-state index contributed by atoms with van der Waals surface area (Å²) in [7, 11) is 0. The zero-order valence-corrected chi connectivity index (χ0v) is 7.40. The van der Waals surface area contributed by atoms with Gasteiger partial charge in [-0.05, 0) is 20.8 Å². The van der Waals surface area contributed by atoms with E-state index in [0.29, 0.717) is 5.70 Å². The van der Waals surface area contributed by atoms with Crippen LogP contribution in [0.25, 0.3) is 0 Å². The fourth-order valence-corrected chi connectivity index (χ4v) is 0.643. The summed E-state index contributed by atoms with van der Waals surface area (Å²) in [6.07, 6.45) is 0. The van der Waals surface area contributed by atoms with E-state index < -0.39 is 0 Å². The van der Waals surface area contributed by atoms with Crippen LogP contribution in [0, 0.1) is 0 Å². The lowest BCUT2D eigenvalue weighted by Crippen LogP contribution is -2.35. The van der Waals surface area contributed by atoms with Gasteiger partial charge in [-0.25, -0.2) is 0 Å². The van der Waals surface area contributed by atoms with Gasteiger partial charge in [0.15, 0.2) is 0 Å². The Kier molecular flexibility index (Phi) is 4.34. The maximum Gasteiger partial charge on any atom is 0.266 e. The summed E-state index contributed by atoms with van der Waals surface area (Å²) >= 11 is 0. The SMILES string of the molecule is C=C(NCC)C(=O)NC(C)C. The summed E-state index contributed by atoms with van der Waals surface area (Å²) in [6.45, 7) is 10.1. The van der Waals surface area contributed by atoms with Gasteiger partial charge in [0.2, 0.25) is 0 Å². The fourth-order valence-electron chi connectivity index (χ4n) is 0.643. The van der Waals surface area contributed by atoms with Crippen LogP contribution in [-0.4, -0.2) is 18.5 Å². The molecule has 0 heterocycles. The molecule has 0 spiro atoms. The lowest BCUT2D eigenvalue weighted by atomic mass is 10.3. The van der Waals surface area contributed by atoms with E-state index >= 15 is 0 Å². The average molecular weight is 156 g/mol. The van der Waals surface area contributed by atoms with E-state index in [9.17, 15) is 4.79 Å². The number of hydrogen-bond donors (Lipinski definition) is 2. The molecule has 0 saturated carbocycles. The van der Waals surface area contributed by atoms with Gasteiger partial charge in [0, 0.05) is 12.6 Å². The van der Waals surface area contributed by atoms with Crippen molar-refractivity contribution < 1.29 is 4.79 Å². The molecule has 0 aliphatic rings. The maximum atomic E-state index is 11.1. The summed E-state index contributed by atoms with van der Waals surface area (Å²) in [5.41, 5.74) is 0.432. The maximum absolute atomic E-state index is 11.1. The molecule has 0 radical (unpaired) electrons. The molecule has 0 rings (SSSR count). The molecule has 0 unspecified atom stereocenters. The average Bonchev–Trinajstić information content (AvgIpc) is 1.86. The van der Waals surface area contributed by atoms with Gasteiger partial charge in [0.05, 0.1) is 5.70 Å². The Hall–Kier alpha value is -0.990. The van der Waals surface area contributed by atoms with Crippen LogP contribution in [0.5, 0.6) is 0 Å². The van der Waals surface area contributed by atoms with Gasteiger partial charge in [0.1, 0.15) is 0 Å². The standard InChI is InChI=1S/C8H16N2O/c1-5-9-7(4)8(11)10-6(2)3/h6,9H,4-5H2,1-3H3,(H,10,11). The monoisotopic (exact) mass is 156 g/mol. The van der Waals surface area contributed by atoms with Crippen LogP contribution in [0.2, 0.25) is 0 Å². The second kappa shape index (κ2) is 4.77. The summed E-state index contributed by atoms with van der Waals surface area (Å²) < 4.78 is 0. The topological polar surface area (TPSA) is 41.1 Å². The zero-order valence-electron chi connectivity index (χ0n) is 7.40. The normalized spacial score (nSPS) is 9.45. The molecule has 0 aromatic carbocycles. The van der Waals surface area contributed by atoms with Crippen LogP contribution >= 0.6 is 0 Å². The molecule has 0 aliphatic heterocycles. The van der Waals surface area contributed by atoms with Gasteiger partial charge in [-0.2, -0.15) is 0 Å². The zero-order chi connectivity index (χ0) is 8.85. The van der Waals surface area contributed by atoms with E-state index in [0.717, 1.165) is 6.54 Å². The Labute approximate surface area is 67.9 Å². The van der Waals surface area contributed by atoms with Crippen molar-refractivity contribution in [1.82, 2.24) is 10.6 Å². The third-order valence-corrected chi connectivity index (χ3v) is 1.08. The van der Waals surface area contributed by atoms with Crippen LogP contribution in [0.15, 0.2) is 12.3 Å².